The molecular formula is C8H14N2O3S. The predicted molar refractivity (Wildman–Crippen MR) is 54.5 cm³/mol. The topological polar surface area (TPSA) is 78.4 Å². The SMILES string of the molecule is O=C(O)CNC(=O)NC1CCSCC1. The molecule has 1 heterocycles. The highest BCUT2D eigenvalue weighted by atomic mass is 32.2. The average Bonchev–Trinajstić information content (AvgIpc) is 2.16. The van der Waals surface area contributed by atoms with E-state index in [1.165, 1.54) is 0 Å². The van der Waals surface area contributed by atoms with Gasteiger partial charge in [0.1, 0.15) is 6.54 Å². The first kappa shape index (κ1) is 11.2. The third-order valence-corrected chi connectivity index (χ3v) is 3.01. The molecule has 0 aromatic rings. The van der Waals surface area contributed by atoms with Crippen molar-refractivity contribution in [3.63, 3.8) is 0 Å². The maximum Gasteiger partial charge on any atom is 0.323 e. The number of nitrogens with one attached hydrogen (secondary N) is 2. The summed E-state index contributed by atoms with van der Waals surface area (Å²) in [4.78, 5) is 21.3. The van der Waals surface area contributed by atoms with Crippen LogP contribution in [0.4, 0.5) is 4.79 Å². The van der Waals surface area contributed by atoms with Crippen LogP contribution in [0.2, 0.25) is 0 Å². The van der Waals surface area contributed by atoms with Crippen LogP contribution in [0.1, 0.15) is 12.8 Å². The van der Waals surface area contributed by atoms with E-state index >= 15 is 0 Å². The molecule has 0 aromatic heterocycles. The van der Waals surface area contributed by atoms with Crippen LogP contribution in [0, 0.1) is 0 Å². The molecule has 0 spiro atoms. The maximum absolute atomic E-state index is 11.1. The van der Waals surface area contributed by atoms with Gasteiger partial charge in [-0.25, -0.2) is 4.79 Å². The van der Waals surface area contributed by atoms with Gasteiger partial charge >= 0.3 is 12.0 Å². The highest BCUT2D eigenvalue weighted by Gasteiger charge is 2.15. The average molecular weight is 218 g/mol. The molecule has 1 rings (SSSR count). The Balaban J connectivity index is 2.15. The smallest absolute Gasteiger partial charge is 0.323 e. The molecule has 1 saturated heterocycles. The van der Waals surface area contributed by atoms with E-state index in [-0.39, 0.29) is 18.6 Å². The molecule has 3 N–H and O–H groups in total. The molecule has 6 heteroatoms. The third kappa shape index (κ3) is 4.36. The highest BCUT2D eigenvalue weighted by Crippen LogP contribution is 2.16. The quantitative estimate of drug-likeness (QED) is 0.635. The Labute approximate surface area is 86.6 Å². The number of carboxylic acid groups (broad SMARTS) is 1. The number of hydrogen-bond acceptors (Lipinski definition) is 3. The first-order valence-corrected chi connectivity index (χ1v) is 5.68. The highest BCUT2D eigenvalue weighted by molar-refractivity contribution is 7.99. The van der Waals surface area contributed by atoms with Crippen molar-refractivity contribution in [1.29, 1.82) is 0 Å². The Morgan fingerprint density at radius 2 is 2.00 bits per heavy atom. The zero-order chi connectivity index (χ0) is 10.4. The number of aliphatic carboxylic acids is 1. The van der Waals surface area contributed by atoms with Crippen molar-refractivity contribution in [2.45, 2.75) is 18.9 Å². The molecule has 5 nitrogen and oxygen atoms in total. The summed E-state index contributed by atoms with van der Waals surface area (Å²) < 4.78 is 0. The molecule has 0 saturated carbocycles. The summed E-state index contributed by atoms with van der Waals surface area (Å²) >= 11 is 1.88. The molecule has 14 heavy (non-hydrogen) atoms. The van der Waals surface area contributed by atoms with Crippen molar-refractivity contribution in [3.05, 3.63) is 0 Å². The van der Waals surface area contributed by atoms with Gasteiger partial charge in [-0.05, 0) is 24.3 Å². The molecule has 0 atom stereocenters. The number of rotatable bonds is 3. The standard InChI is InChI=1S/C8H14N2O3S/c11-7(12)5-9-8(13)10-6-1-3-14-4-2-6/h6H,1-5H2,(H,11,12)(H2,9,10,13). The molecule has 2 amide bonds. The van der Waals surface area contributed by atoms with Crippen LogP contribution in [-0.4, -0.2) is 41.2 Å². The first-order chi connectivity index (χ1) is 6.68. The summed E-state index contributed by atoms with van der Waals surface area (Å²) in [6, 6.07) is -0.186. The number of amides is 2. The van der Waals surface area contributed by atoms with E-state index in [0.29, 0.717) is 0 Å². The van der Waals surface area contributed by atoms with E-state index in [1.54, 1.807) is 0 Å². The van der Waals surface area contributed by atoms with Crippen LogP contribution >= 0.6 is 11.8 Å². The van der Waals surface area contributed by atoms with Crippen LogP contribution < -0.4 is 10.6 Å². The summed E-state index contributed by atoms with van der Waals surface area (Å²) in [7, 11) is 0. The van der Waals surface area contributed by atoms with Gasteiger partial charge < -0.3 is 15.7 Å². The lowest BCUT2D eigenvalue weighted by atomic mass is 10.2. The largest absolute Gasteiger partial charge is 0.480 e. The van der Waals surface area contributed by atoms with Gasteiger partial charge in [0.05, 0.1) is 0 Å². The van der Waals surface area contributed by atoms with Gasteiger partial charge in [-0.3, -0.25) is 4.79 Å². The maximum atomic E-state index is 11.1. The summed E-state index contributed by atoms with van der Waals surface area (Å²) in [5, 5.41) is 13.3. The first-order valence-electron chi connectivity index (χ1n) is 4.52. The second-order valence-corrected chi connectivity index (χ2v) is 4.33. The summed E-state index contributed by atoms with van der Waals surface area (Å²) in [6.07, 6.45) is 1.93. The van der Waals surface area contributed by atoms with E-state index in [4.69, 9.17) is 5.11 Å². The van der Waals surface area contributed by atoms with Crippen molar-refractivity contribution >= 4 is 23.8 Å². The van der Waals surface area contributed by atoms with Gasteiger partial charge in [0, 0.05) is 6.04 Å². The number of hydrogen-bond donors (Lipinski definition) is 3. The minimum absolute atomic E-state index is 0.199. The molecule has 1 aliphatic heterocycles. The zero-order valence-corrected chi connectivity index (χ0v) is 8.60. The van der Waals surface area contributed by atoms with Crippen molar-refractivity contribution < 1.29 is 14.7 Å². The number of carbonyl (C=O) groups excluding carboxylic acids is 1. The lowest BCUT2D eigenvalue weighted by Crippen LogP contribution is -2.45. The molecule has 0 unspecified atom stereocenters. The van der Waals surface area contributed by atoms with Gasteiger partial charge in [-0.2, -0.15) is 11.8 Å². The van der Waals surface area contributed by atoms with Gasteiger partial charge in [0.25, 0.3) is 0 Å². The van der Waals surface area contributed by atoms with Gasteiger partial charge in [-0.1, -0.05) is 0 Å². The molecular weight excluding hydrogens is 204 g/mol. The van der Waals surface area contributed by atoms with Crippen LogP contribution in [0.25, 0.3) is 0 Å². The van der Waals surface area contributed by atoms with Gasteiger partial charge in [-0.15, -0.1) is 0 Å². The molecule has 0 radical (unpaired) electrons. The molecule has 1 fully saturated rings. The Morgan fingerprint density at radius 1 is 1.36 bits per heavy atom. The fraction of sp³-hybridized carbons (Fsp3) is 0.750. The van der Waals surface area contributed by atoms with Crippen LogP contribution in [-0.2, 0) is 4.79 Å². The predicted octanol–water partition coefficient (Wildman–Crippen LogP) is 0.266. The van der Waals surface area contributed by atoms with Crippen LogP contribution in [0.5, 0.6) is 0 Å². The molecule has 0 aliphatic carbocycles. The van der Waals surface area contributed by atoms with Crippen molar-refractivity contribution in [3.8, 4) is 0 Å². The second kappa shape index (κ2) is 5.74. The van der Waals surface area contributed by atoms with E-state index in [1.807, 2.05) is 11.8 Å². The fourth-order valence-corrected chi connectivity index (χ4v) is 2.34. The molecule has 0 bridgehead atoms. The van der Waals surface area contributed by atoms with E-state index in [9.17, 15) is 9.59 Å². The zero-order valence-electron chi connectivity index (χ0n) is 7.78. The van der Waals surface area contributed by atoms with Gasteiger partial charge in [0.2, 0.25) is 0 Å². The number of urea groups is 1. The molecule has 80 valence electrons. The Hall–Kier alpha value is -0.910. The summed E-state index contributed by atoms with van der Waals surface area (Å²) in [6.45, 7) is -0.326. The lowest BCUT2D eigenvalue weighted by molar-refractivity contribution is -0.135. The fourth-order valence-electron chi connectivity index (χ4n) is 1.23. The van der Waals surface area contributed by atoms with Crippen LogP contribution in [0.15, 0.2) is 0 Å². The number of carboxylic acids is 1. The van der Waals surface area contributed by atoms with Crippen molar-refractivity contribution in [2.75, 3.05) is 18.1 Å². The van der Waals surface area contributed by atoms with Crippen molar-refractivity contribution in [1.82, 2.24) is 10.6 Å². The number of carbonyl (C=O) groups is 2. The minimum Gasteiger partial charge on any atom is -0.480 e. The lowest BCUT2D eigenvalue weighted by Gasteiger charge is -2.22. The summed E-state index contributed by atoms with van der Waals surface area (Å²) in [5.41, 5.74) is 0. The molecule has 1 aliphatic rings. The second-order valence-electron chi connectivity index (χ2n) is 3.11. The third-order valence-electron chi connectivity index (χ3n) is 1.96. The Morgan fingerprint density at radius 3 is 2.57 bits per heavy atom. The van der Waals surface area contributed by atoms with Crippen LogP contribution in [0.3, 0.4) is 0 Å². The summed E-state index contributed by atoms with van der Waals surface area (Å²) in [5.74, 6) is 1.09. The van der Waals surface area contributed by atoms with Crippen molar-refractivity contribution in [2.24, 2.45) is 0 Å². The number of thioether (sulfide) groups is 1. The van der Waals surface area contributed by atoms with E-state index in [2.05, 4.69) is 10.6 Å². The van der Waals surface area contributed by atoms with E-state index < -0.39 is 5.97 Å². The Kier molecular flexibility index (Phi) is 4.58. The van der Waals surface area contributed by atoms with E-state index in [0.717, 1.165) is 24.3 Å². The monoisotopic (exact) mass is 218 g/mol. The Bertz CT molecular complexity index is 217. The van der Waals surface area contributed by atoms with Gasteiger partial charge in [0.15, 0.2) is 0 Å². The molecule has 0 aromatic carbocycles. The normalized spacial score (nSPS) is 17.4. The minimum atomic E-state index is -1.03.